The Kier molecular flexibility index (Phi) is 5.71. The van der Waals surface area contributed by atoms with Gasteiger partial charge in [0, 0.05) is 16.9 Å². The van der Waals surface area contributed by atoms with Gasteiger partial charge in [0.2, 0.25) is 11.9 Å². The fourth-order valence-electron chi connectivity index (χ4n) is 2.85. The van der Waals surface area contributed by atoms with E-state index in [0.717, 1.165) is 5.56 Å². The van der Waals surface area contributed by atoms with Crippen LogP contribution in [-0.2, 0) is 0 Å². The first kappa shape index (κ1) is 20.5. The molecule has 0 aliphatic heterocycles. The highest BCUT2D eigenvalue weighted by atomic mass is 16.4. The van der Waals surface area contributed by atoms with Crippen LogP contribution in [0.3, 0.4) is 0 Å². The van der Waals surface area contributed by atoms with Gasteiger partial charge in [-0.3, -0.25) is 0 Å². The van der Waals surface area contributed by atoms with Crippen LogP contribution in [0.2, 0.25) is 0 Å². The number of hydrogen-bond donors (Lipinski definition) is 4. The molecular weight excluding hydrogens is 410 g/mol. The van der Waals surface area contributed by atoms with E-state index >= 15 is 0 Å². The Labute approximate surface area is 182 Å². The summed E-state index contributed by atoms with van der Waals surface area (Å²) in [6.07, 6.45) is 0. The third-order valence-electron chi connectivity index (χ3n) is 4.44. The van der Waals surface area contributed by atoms with Crippen molar-refractivity contribution in [3.05, 3.63) is 90.0 Å². The summed E-state index contributed by atoms with van der Waals surface area (Å²) in [5.74, 6) is -1.08. The second-order valence-corrected chi connectivity index (χ2v) is 6.69. The van der Waals surface area contributed by atoms with Crippen LogP contribution < -0.4 is 10.6 Å². The molecule has 0 bridgehead atoms. The average molecular weight is 427 g/mol. The molecule has 0 fully saturated rings. The fourth-order valence-corrected chi connectivity index (χ4v) is 2.85. The Hall–Kier alpha value is -4.79. The van der Waals surface area contributed by atoms with Gasteiger partial charge in [0.1, 0.15) is 0 Å². The van der Waals surface area contributed by atoms with Gasteiger partial charge in [-0.1, -0.05) is 30.3 Å². The topological polar surface area (TPSA) is 137 Å². The number of carbonyl (C=O) groups is 2. The summed E-state index contributed by atoms with van der Waals surface area (Å²) >= 11 is 0. The maximum Gasteiger partial charge on any atom is 0.335 e. The number of carboxylic acid groups (broad SMARTS) is 2. The summed E-state index contributed by atoms with van der Waals surface area (Å²) in [5.41, 5.74) is 2.34. The van der Waals surface area contributed by atoms with Crippen LogP contribution in [0.15, 0.2) is 78.9 Å². The molecule has 158 valence electrons. The summed E-state index contributed by atoms with van der Waals surface area (Å²) < 4.78 is 0. The zero-order valence-electron chi connectivity index (χ0n) is 16.6. The number of carboxylic acids is 2. The normalized spacial score (nSPS) is 10.4. The first-order valence-electron chi connectivity index (χ1n) is 9.50. The van der Waals surface area contributed by atoms with Crippen molar-refractivity contribution in [2.75, 3.05) is 10.6 Å². The van der Waals surface area contributed by atoms with Crippen molar-refractivity contribution in [1.82, 2.24) is 15.0 Å². The SMILES string of the molecule is O=C(O)c1ccc(Nc2nc(Nc3ccc(C(=O)O)cc3)nc(-c3ccccc3)n2)cc1. The quantitative estimate of drug-likeness (QED) is 0.338. The highest BCUT2D eigenvalue weighted by molar-refractivity contribution is 5.88. The third kappa shape index (κ3) is 4.85. The van der Waals surface area contributed by atoms with Crippen LogP contribution in [0.4, 0.5) is 23.3 Å². The van der Waals surface area contributed by atoms with Crippen LogP contribution in [0.1, 0.15) is 20.7 Å². The minimum absolute atomic E-state index is 0.170. The molecule has 0 saturated heterocycles. The van der Waals surface area contributed by atoms with E-state index in [9.17, 15) is 9.59 Å². The van der Waals surface area contributed by atoms with E-state index in [1.807, 2.05) is 30.3 Å². The average Bonchev–Trinajstić information content (AvgIpc) is 2.80. The van der Waals surface area contributed by atoms with Crippen molar-refractivity contribution in [3.8, 4) is 11.4 Å². The number of aromatic carboxylic acids is 2. The van der Waals surface area contributed by atoms with Crippen molar-refractivity contribution >= 4 is 35.2 Å². The molecular formula is C23H17N5O4. The van der Waals surface area contributed by atoms with Crippen LogP contribution >= 0.6 is 0 Å². The first-order valence-corrected chi connectivity index (χ1v) is 9.50. The molecule has 0 radical (unpaired) electrons. The molecule has 0 saturated carbocycles. The molecule has 32 heavy (non-hydrogen) atoms. The van der Waals surface area contributed by atoms with Crippen LogP contribution in [0.25, 0.3) is 11.4 Å². The van der Waals surface area contributed by atoms with E-state index in [2.05, 4.69) is 25.6 Å². The lowest BCUT2D eigenvalue weighted by atomic mass is 10.2. The van der Waals surface area contributed by atoms with Crippen molar-refractivity contribution in [2.24, 2.45) is 0 Å². The molecule has 1 heterocycles. The largest absolute Gasteiger partial charge is 0.478 e. The maximum absolute atomic E-state index is 11.1. The molecule has 4 aromatic rings. The number of anilines is 4. The van der Waals surface area contributed by atoms with E-state index < -0.39 is 11.9 Å². The Bertz CT molecular complexity index is 1180. The Morgan fingerprint density at radius 1 is 0.594 bits per heavy atom. The zero-order valence-corrected chi connectivity index (χ0v) is 16.6. The lowest BCUT2D eigenvalue weighted by Crippen LogP contribution is -2.06. The Balaban J connectivity index is 1.66. The summed E-state index contributed by atoms with van der Waals surface area (Å²) in [4.78, 5) is 35.4. The molecule has 4 rings (SSSR count). The third-order valence-corrected chi connectivity index (χ3v) is 4.44. The highest BCUT2D eigenvalue weighted by Crippen LogP contribution is 2.22. The van der Waals surface area contributed by atoms with Crippen molar-refractivity contribution < 1.29 is 19.8 Å². The molecule has 0 unspecified atom stereocenters. The van der Waals surface area contributed by atoms with Gasteiger partial charge in [-0.05, 0) is 48.5 Å². The molecule has 1 aromatic heterocycles. The van der Waals surface area contributed by atoms with Gasteiger partial charge in [0.15, 0.2) is 5.82 Å². The lowest BCUT2D eigenvalue weighted by Gasteiger charge is -2.11. The minimum atomic E-state index is -1.01. The standard InChI is InChI=1S/C23H17N5O4/c29-20(30)15-6-10-17(11-7-15)24-22-26-19(14-4-2-1-3-5-14)27-23(28-22)25-18-12-8-16(9-13-18)21(31)32/h1-13H,(H,29,30)(H,31,32)(H2,24,25,26,27,28). The maximum atomic E-state index is 11.1. The fraction of sp³-hybridized carbons (Fsp3) is 0. The Morgan fingerprint density at radius 2 is 1.03 bits per heavy atom. The van der Waals surface area contributed by atoms with Crippen LogP contribution in [0, 0.1) is 0 Å². The molecule has 0 aliphatic rings. The molecule has 9 heteroatoms. The molecule has 0 atom stereocenters. The van der Waals surface area contributed by atoms with Crippen molar-refractivity contribution in [2.45, 2.75) is 0 Å². The van der Waals surface area contributed by atoms with Gasteiger partial charge >= 0.3 is 11.9 Å². The van der Waals surface area contributed by atoms with Gasteiger partial charge < -0.3 is 20.8 Å². The monoisotopic (exact) mass is 427 g/mol. The van der Waals surface area contributed by atoms with Gasteiger partial charge in [0.25, 0.3) is 0 Å². The van der Waals surface area contributed by atoms with Crippen LogP contribution in [0.5, 0.6) is 0 Å². The Morgan fingerprint density at radius 3 is 1.44 bits per heavy atom. The van der Waals surface area contributed by atoms with E-state index in [1.54, 1.807) is 24.3 Å². The van der Waals surface area contributed by atoms with Gasteiger partial charge in [-0.2, -0.15) is 15.0 Å². The first-order chi connectivity index (χ1) is 15.5. The smallest absolute Gasteiger partial charge is 0.335 e. The number of rotatable bonds is 7. The molecule has 3 aromatic carbocycles. The van der Waals surface area contributed by atoms with Crippen LogP contribution in [-0.4, -0.2) is 37.1 Å². The minimum Gasteiger partial charge on any atom is -0.478 e. The zero-order chi connectivity index (χ0) is 22.5. The summed E-state index contributed by atoms with van der Waals surface area (Å²) in [6.45, 7) is 0. The predicted molar refractivity (Wildman–Crippen MR) is 119 cm³/mol. The number of aromatic nitrogens is 3. The molecule has 0 amide bonds. The van der Waals surface area contributed by atoms with Gasteiger partial charge in [0.05, 0.1) is 11.1 Å². The second-order valence-electron chi connectivity index (χ2n) is 6.69. The van der Waals surface area contributed by atoms with Crippen molar-refractivity contribution in [3.63, 3.8) is 0 Å². The molecule has 4 N–H and O–H groups in total. The van der Waals surface area contributed by atoms with E-state index in [1.165, 1.54) is 24.3 Å². The number of nitrogens with one attached hydrogen (secondary N) is 2. The number of nitrogens with zero attached hydrogens (tertiary/aromatic N) is 3. The summed E-state index contributed by atoms with van der Waals surface area (Å²) in [6, 6.07) is 21.7. The summed E-state index contributed by atoms with van der Waals surface area (Å²) in [5, 5.41) is 24.2. The number of hydrogen-bond acceptors (Lipinski definition) is 7. The molecule has 9 nitrogen and oxygen atoms in total. The molecule has 0 spiro atoms. The number of benzene rings is 3. The molecule has 0 aliphatic carbocycles. The van der Waals surface area contributed by atoms with E-state index in [4.69, 9.17) is 10.2 Å². The van der Waals surface area contributed by atoms with Gasteiger partial charge in [-0.25, -0.2) is 9.59 Å². The van der Waals surface area contributed by atoms with Crippen molar-refractivity contribution in [1.29, 1.82) is 0 Å². The van der Waals surface area contributed by atoms with E-state index in [-0.39, 0.29) is 23.0 Å². The highest BCUT2D eigenvalue weighted by Gasteiger charge is 2.11. The summed E-state index contributed by atoms with van der Waals surface area (Å²) in [7, 11) is 0. The second kappa shape index (κ2) is 8.92. The lowest BCUT2D eigenvalue weighted by molar-refractivity contribution is 0.0686. The van der Waals surface area contributed by atoms with Gasteiger partial charge in [-0.15, -0.1) is 0 Å². The van der Waals surface area contributed by atoms with E-state index in [0.29, 0.717) is 17.2 Å². The predicted octanol–water partition coefficient (Wildman–Crippen LogP) is 4.42.